The lowest BCUT2D eigenvalue weighted by Crippen LogP contribution is -2.48. The average Bonchev–Trinajstić information content (AvgIpc) is 2.52. The molecule has 1 heterocycles. The fourth-order valence-corrected chi connectivity index (χ4v) is 2.07. The van der Waals surface area contributed by atoms with Crippen LogP contribution in [0.3, 0.4) is 0 Å². The number of aryl methyl sites for hydroxylation is 1. The van der Waals surface area contributed by atoms with E-state index in [1.807, 2.05) is 18.4 Å². The van der Waals surface area contributed by atoms with Crippen LogP contribution in [0.4, 0.5) is 10.5 Å². The van der Waals surface area contributed by atoms with Crippen molar-refractivity contribution in [3.05, 3.63) is 52.8 Å². The summed E-state index contributed by atoms with van der Waals surface area (Å²) < 4.78 is 5.69. The summed E-state index contributed by atoms with van der Waals surface area (Å²) in [6.07, 6.45) is 1.55. The largest absolute Gasteiger partial charge is 0.489 e. The highest BCUT2D eigenvalue weighted by Gasteiger charge is 2.16. The van der Waals surface area contributed by atoms with E-state index in [-0.39, 0.29) is 6.61 Å². The molecule has 0 bridgehead atoms. The van der Waals surface area contributed by atoms with Crippen molar-refractivity contribution in [1.29, 1.82) is 0 Å². The van der Waals surface area contributed by atoms with Crippen LogP contribution < -0.4 is 26.9 Å². The van der Waals surface area contributed by atoms with Crippen LogP contribution in [-0.4, -0.2) is 11.0 Å². The van der Waals surface area contributed by atoms with E-state index in [9.17, 15) is 4.79 Å². The van der Waals surface area contributed by atoms with Crippen molar-refractivity contribution in [3.8, 4) is 5.75 Å². The number of rotatable bonds is 4. The van der Waals surface area contributed by atoms with Crippen LogP contribution in [0.1, 0.15) is 11.1 Å². The summed E-state index contributed by atoms with van der Waals surface area (Å²) in [6.45, 7) is 2.11. The number of ether oxygens (including phenoxy) is 1. The summed E-state index contributed by atoms with van der Waals surface area (Å²) in [7, 11) is 0. The normalized spacial score (nSPS) is 10.2. The molecule has 2 rings (SSSR count). The summed E-state index contributed by atoms with van der Waals surface area (Å²) in [5, 5.41) is 1.27. The van der Waals surface area contributed by atoms with Crippen molar-refractivity contribution < 1.29 is 9.53 Å². The molecule has 0 fully saturated rings. The fraction of sp³-hybridized carbons (Fsp3) is 0.143. The molecule has 1 aromatic heterocycles. The highest BCUT2D eigenvalue weighted by atomic mass is 35.5. The number of halogens is 1. The van der Waals surface area contributed by atoms with Gasteiger partial charge < -0.3 is 4.74 Å². The SMILES string of the molecule is Cc1cccc(N(N)C(=O)NN)c1COc1ccnc(Cl)c1. The molecule has 2 amide bonds. The minimum atomic E-state index is -0.626. The summed E-state index contributed by atoms with van der Waals surface area (Å²) in [4.78, 5) is 15.5. The first-order chi connectivity index (χ1) is 10.5. The van der Waals surface area contributed by atoms with E-state index in [0.29, 0.717) is 16.6 Å². The molecule has 2 aromatic rings. The first-order valence-corrected chi connectivity index (χ1v) is 6.79. The molecule has 0 unspecified atom stereocenters. The topological polar surface area (TPSA) is 106 Å². The standard InChI is InChI=1S/C14H16ClN5O2/c1-9-3-2-4-12(20(17)14(21)19-16)11(9)8-22-10-5-6-18-13(15)7-10/h2-7H,8,16-17H2,1H3,(H,19,21). The lowest BCUT2D eigenvalue weighted by Gasteiger charge is -2.21. The molecule has 0 saturated heterocycles. The van der Waals surface area contributed by atoms with Crippen LogP contribution in [0.2, 0.25) is 5.15 Å². The second-order valence-corrected chi connectivity index (χ2v) is 4.88. The van der Waals surface area contributed by atoms with Gasteiger partial charge in [0.2, 0.25) is 0 Å². The van der Waals surface area contributed by atoms with Gasteiger partial charge in [0, 0.05) is 17.8 Å². The van der Waals surface area contributed by atoms with Gasteiger partial charge in [0.05, 0.1) is 5.69 Å². The number of hydrazine groups is 2. The van der Waals surface area contributed by atoms with Crippen LogP contribution in [0.25, 0.3) is 0 Å². The van der Waals surface area contributed by atoms with E-state index < -0.39 is 6.03 Å². The smallest absolute Gasteiger partial charge is 0.350 e. The first-order valence-electron chi connectivity index (χ1n) is 6.41. The Labute approximate surface area is 132 Å². The maximum Gasteiger partial charge on any atom is 0.350 e. The van der Waals surface area contributed by atoms with E-state index >= 15 is 0 Å². The van der Waals surface area contributed by atoms with Gasteiger partial charge in [-0.2, -0.15) is 0 Å². The average molecular weight is 322 g/mol. The van der Waals surface area contributed by atoms with Crippen LogP contribution in [0, 0.1) is 6.92 Å². The van der Waals surface area contributed by atoms with Crippen molar-refractivity contribution in [3.63, 3.8) is 0 Å². The molecule has 0 aliphatic heterocycles. The Bertz CT molecular complexity index is 680. The Kier molecular flexibility index (Phi) is 5.16. The van der Waals surface area contributed by atoms with Crippen LogP contribution in [0.15, 0.2) is 36.5 Å². The van der Waals surface area contributed by atoms with Gasteiger partial charge in [0.15, 0.2) is 0 Å². The van der Waals surface area contributed by atoms with Gasteiger partial charge in [-0.3, -0.25) is 5.43 Å². The predicted molar refractivity (Wildman–Crippen MR) is 84.1 cm³/mol. The number of nitrogens with zero attached hydrogens (tertiary/aromatic N) is 2. The van der Waals surface area contributed by atoms with E-state index in [0.717, 1.165) is 16.1 Å². The number of pyridine rings is 1. The van der Waals surface area contributed by atoms with Crippen LogP contribution in [0.5, 0.6) is 5.75 Å². The number of carbonyl (C=O) groups excluding carboxylic acids is 1. The Morgan fingerprint density at radius 1 is 1.45 bits per heavy atom. The van der Waals surface area contributed by atoms with Crippen LogP contribution >= 0.6 is 11.6 Å². The molecule has 1 aromatic carbocycles. The highest BCUT2D eigenvalue weighted by Crippen LogP contribution is 2.24. The third kappa shape index (κ3) is 3.64. The third-order valence-corrected chi connectivity index (χ3v) is 3.28. The number of carbonyl (C=O) groups is 1. The molecule has 0 saturated carbocycles. The molecule has 8 heteroatoms. The third-order valence-electron chi connectivity index (χ3n) is 3.07. The van der Waals surface area contributed by atoms with E-state index in [1.54, 1.807) is 30.5 Å². The number of hydrogen-bond acceptors (Lipinski definition) is 5. The number of nitrogens with two attached hydrogens (primary N) is 2. The van der Waals surface area contributed by atoms with Gasteiger partial charge in [-0.25, -0.2) is 26.5 Å². The molecular weight excluding hydrogens is 306 g/mol. The van der Waals surface area contributed by atoms with Crippen molar-refractivity contribution in [2.24, 2.45) is 11.7 Å². The summed E-state index contributed by atoms with van der Waals surface area (Å²) in [6, 6.07) is 8.07. The molecule has 5 N–H and O–H groups in total. The lowest BCUT2D eigenvalue weighted by atomic mass is 10.1. The second-order valence-electron chi connectivity index (χ2n) is 4.50. The molecule has 0 radical (unpaired) electrons. The molecule has 0 aliphatic carbocycles. The van der Waals surface area contributed by atoms with Gasteiger partial charge in [-0.15, -0.1) is 0 Å². The first kappa shape index (κ1) is 16.0. The lowest BCUT2D eigenvalue weighted by molar-refractivity contribution is 0.246. The summed E-state index contributed by atoms with van der Waals surface area (Å²) in [5.74, 6) is 11.4. The monoisotopic (exact) mass is 321 g/mol. The Morgan fingerprint density at radius 3 is 2.91 bits per heavy atom. The number of nitrogens with one attached hydrogen (secondary N) is 1. The number of aromatic nitrogens is 1. The second kappa shape index (κ2) is 7.08. The summed E-state index contributed by atoms with van der Waals surface area (Å²) >= 11 is 5.81. The van der Waals surface area contributed by atoms with Gasteiger partial charge in [0.25, 0.3) is 0 Å². The minimum Gasteiger partial charge on any atom is -0.489 e. The molecule has 0 atom stereocenters. The molecule has 7 nitrogen and oxygen atoms in total. The van der Waals surface area contributed by atoms with Crippen molar-refractivity contribution in [2.75, 3.05) is 5.01 Å². The molecular formula is C14H16ClN5O2. The Balaban J connectivity index is 2.24. The van der Waals surface area contributed by atoms with E-state index in [4.69, 9.17) is 28.0 Å². The number of urea groups is 1. The molecule has 116 valence electrons. The molecule has 22 heavy (non-hydrogen) atoms. The maximum absolute atomic E-state index is 11.6. The Morgan fingerprint density at radius 2 is 2.23 bits per heavy atom. The predicted octanol–water partition coefficient (Wildman–Crippen LogP) is 1.89. The zero-order valence-corrected chi connectivity index (χ0v) is 12.7. The van der Waals surface area contributed by atoms with E-state index in [2.05, 4.69) is 4.98 Å². The van der Waals surface area contributed by atoms with Crippen molar-refractivity contribution in [2.45, 2.75) is 13.5 Å². The highest BCUT2D eigenvalue weighted by molar-refractivity contribution is 6.29. The van der Waals surface area contributed by atoms with Gasteiger partial charge in [-0.1, -0.05) is 23.7 Å². The number of hydrogen-bond donors (Lipinski definition) is 3. The number of benzene rings is 1. The summed E-state index contributed by atoms with van der Waals surface area (Å²) in [5.41, 5.74) is 4.18. The van der Waals surface area contributed by atoms with E-state index in [1.165, 1.54) is 0 Å². The number of amides is 2. The van der Waals surface area contributed by atoms with Gasteiger partial charge >= 0.3 is 6.03 Å². The maximum atomic E-state index is 11.6. The zero-order valence-electron chi connectivity index (χ0n) is 11.9. The van der Waals surface area contributed by atoms with Crippen LogP contribution in [-0.2, 0) is 6.61 Å². The molecule has 0 aliphatic rings. The zero-order chi connectivity index (χ0) is 16.1. The van der Waals surface area contributed by atoms with Gasteiger partial charge in [0.1, 0.15) is 17.5 Å². The fourth-order valence-electron chi connectivity index (χ4n) is 1.91. The number of anilines is 1. The minimum absolute atomic E-state index is 0.216. The Hall–Kier alpha value is -2.35. The van der Waals surface area contributed by atoms with Crippen molar-refractivity contribution >= 4 is 23.3 Å². The quantitative estimate of drug-likeness (QED) is 0.345. The van der Waals surface area contributed by atoms with Crippen molar-refractivity contribution in [1.82, 2.24) is 10.4 Å². The van der Waals surface area contributed by atoms with Gasteiger partial charge in [-0.05, 0) is 24.6 Å². The molecule has 0 spiro atoms.